The standard InChI is InChI=1S/C36H48O12/c1-13(2)31(41)48-30-28-19(46-28)11-18-26(39)27(40)22-17(33(18,30)6)12-20(44-15(4)37)34(7)23-14(3)10-21-35(8,36(9,43)32(42)47-21)25(23)29(24(22)34)45-16(5)38/h10,13-14,17-20,22-26,28-30,39,43H,11-12H2,1-9H3/t14-,17+,18-,19+,20+,22-,23+,24-,25+,26?,28+,29-,30+,33-,34-,35+,36-/m1/s1. The summed E-state index contributed by atoms with van der Waals surface area (Å²) in [7, 11) is 0. The third-order valence-corrected chi connectivity index (χ3v) is 14.2. The molecule has 6 fully saturated rings. The van der Waals surface area contributed by atoms with E-state index in [2.05, 4.69) is 0 Å². The molecule has 2 aliphatic heterocycles. The zero-order valence-electron chi connectivity index (χ0n) is 29.1. The Morgan fingerprint density at radius 3 is 2.17 bits per heavy atom. The molecule has 48 heavy (non-hydrogen) atoms. The molecular weight excluding hydrogens is 624 g/mol. The lowest BCUT2D eigenvalue weighted by Gasteiger charge is -2.63. The third kappa shape index (κ3) is 4.02. The molecule has 4 saturated carbocycles. The number of aliphatic hydroxyl groups is 2. The van der Waals surface area contributed by atoms with E-state index in [-0.39, 0.29) is 24.2 Å². The molecule has 7 rings (SSSR count). The van der Waals surface area contributed by atoms with Crippen LogP contribution in [0.4, 0.5) is 0 Å². The highest BCUT2D eigenvalue weighted by atomic mass is 16.6. The Hall–Kier alpha value is -2.83. The molecule has 0 bridgehead atoms. The van der Waals surface area contributed by atoms with Crippen molar-refractivity contribution in [1.82, 2.24) is 0 Å². The van der Waals surface area contributed by atoms with Crippen LogP contribution in [0.1, 0.15) is 75.2 Å². The molecule has 12 nitrogen and oxygen atoms in total. The van der Waals surface area contributed by atoms with Crippen LogP contribution in [-0.2, 0) is 47.7 Å². The molecule has 2 N–H and O–H groups in total. The van der Waals surface area contributed by atoms with Crippen LogP contribution in [0.2, 0.25) is 0 Å². The highest BCUT2D eigenvalue weighted by molar-refractivity contribution is 5.89. The maximum absolute atomic E-state index is 14.7. The fourth-order valence-electron chi connectivity index (χ4n) is 11.9. The van der Waals surface area contributed by atoms with Crippen molar-refractivity contribution < 1.29 is 57.9 Å². The van der Waals surface area contributed by atoms with Gasteiger partial charge in [0.2, 0.25) is 0 Å². The lowest BCUT2D eigenvalue weighted by Crippen LogP contribution is -2.70. The first-order valence-corrected chi connectivity index (χ1v) is 17.3. The van der Waals surface area contributed by atoms with Gasteiger partial charge >= 0.3 is 23.9 Å². The topological polar surface area (TPSA) is 175 Å². The number of hydrogen-bond acceptors (Lipinski definition) is 12. The van der Waals surface area contributed by atoms with Crippen LogP contribution < -0.4 is 0 Å². The lowest BCUT2D eigenvalue weighted by molar-refractivity contribution is -0.231. The van der Waals surface area contributed by atoms with Crippen molar-refractivity contribution in [3.63, 3.8) is 0 Å². The zero-order chi connectivity index (χ0) is 35.2. The van der Waals surface area contributed by atoms with Gasteiger partial charge in [-0.15, -0.1) is 0 Å². The van der Waals surface area contributed by atoms with Crippen molar-refractivity contribution in [2.24, 2.45) is 63.6 Å². The van der Waals surface area contributed by atoms with E-state index in [4.69, 9.17) is 23.7 Å². The Bertz CT molecular complexity index is 1520. The van der Waals surface area contributed by atoms with Gasteiger partial charge in [-0.05, 0) is 50.5 Å². The average Bonchev–Trinajstić information content (AvgIpc) is 3.67. The Morgan fingerprint density at radius 1 is 0.917 bits per heavy atom. The first-order valence-electron chi connectivity index (χ1n) is 17.3. The summed E-state index contributed by atoms with van der Waals surface area (Å²) in [4.78, 5) is 67.0. The van der Waals surface area contributed by atoms with E-state index >= 15 is 0 Å². The number of hydrogen-bond donors (Lipinski definition) is 2. The Kier molecular flexibility index (Phi) is 7.26. The summed E-state index contributed by atoms with van der Waals surface area (Å²) < 4.78 is 30.4. The van der Waals surface area contributed by atoms with E-state index in [0.29, 0.717) is 6.42 Å². The van der Waals surface area contributed by atoms with Gasteiger partial charge in [-0.25, -0.2) is 4.79 Å². The highest BCUT2D eigenvalue weighted by Gasteiger charge is 2.81. The molecule has 0 spiro atoms. The molecule has 12 heteroatoms. The van der Waals surface area contributed by atoms with Gasteiger partial charge in [0.15, 0.2) is 11.4 Å². The number of aliphatic hydroxyl groups excluding tert-OH is 1. The summed E-state index contributed by atoms with van der Waals surface area (Å²) in [6.07, 6.45) is -2.27. The van der Waals surface area contributed by atoms with E-state index in [1.807, 2.05) is 26.8 Å². The number of rotatable bonds is 4. The van der Waals surface area contributed by atoms with Gasteiger partial charge in [-0.3, -0.25) is 19.2 Å². The number of ketones is 1. The number of carbonyl (C=O) groups is 5. The van der Waals surface area contributed by atoms with Gasteiger partial charge in [0.25, 0.3) is 0 Å². The van der Waals surface area contributed by atoms with E-state index in [9.17, 15) is 34.2 Å². The van der Waals surface area contributed by atoms with Crippen LogP contribution in [0.5, 0.6) is 0 Å². The van der Waals surface area contributed by atoms with Crippen LogP contribution in [0.3, 0.4) is 0 Å². The molecule has 2 heterocycles. The number of Topliss-reactive ketones (excluding diaryl/α,β-unsaturated/α-hetero) is 1. The minimum absolute atomic E-state index is 0.220. The summed E-state index contributed by atoms with van der Waals surface area (Å²) in [5, 5.41) is 23.8. The van der Waals surface area contributed by atoms with Crippen molar-refractivity contribution in [1.29, 1.82) is 0 Å². The van der Waals surface area contributed by atoms with Gasteiger partial charge < -0.3 is 33.9 Å². The van der Waals surface area contributed by atoms with Crippen molar-refractivity contribution in [2.75, 3.05) is 0 Å². The van der Waals surface area contributed by atoms with Crippen molar-refractivity contribution in [3.05, 3.63) is 11.8 Å². The van der Waals surface area contributed by atoms with Gasteiger partial charge in [0.05, 0.1) is 17.4 Å². The van der Waals surface area contributed by atoms with Crippen LogP contribution >= 0.6 is 0 Å². The molecule has 7 aliphatic rings. The summed E-state index contributed by atoms with van der Waals surface area (Å²) >= 11 is 0. The first-order chi connectivity index (χ1) is 22.2. The maximum Gasteiger partial charge on any atom is 0.343 e. The second kappa shape index (κ2) is 10.4. The molecule has 0 amide bonds. The zero-order valence-corrected chi connectivity index (χ0v) is 29.1. The molecule has 2 saturated heterocycles. The summed E-state index contributed by atoms with van der Waals surface area (Å²) in [5.74, 6) is -7.36. The molecule has 0 aromatic heterocycles. The number of ether oxygens (including phenoxy) is 5. The normalized spacial score (nSPS) is 52.8. The van der Waals surface area contributed by atoms with E-state index in [0.717, 1.165) is 0 Å². The van der Waals surface area contributed by atoms with Crippen LogP contribution in [-0.4, -0.2) is 82.1 Å². The Balaban J connectivity index is 1.45. The van der Waals surface area contributed by atoms with Gasteiger partial charge in [-0.1, -0.05) is 34.6 Å². The molecule has 0 aromatic carbocycles. The van der Waals surface area contributed by atoms with E-state index in [1.165, 1.54) is 20.8 Å². The molecule has 0 aromatic rings. The molecule has 17 atom stereocenters. The second-order valence-corrected chi connectivity index (χ2v) is 16.7. The maximum atomic E-state index is 14.7. The fraction of sp³-hybridized carbons (Fsp3) is 0.806. The average molecular weight is 673 g/mol. The van der Waals surface area contributed by atoms with Gasteiger partial charge in [0.1, 0.15) is 36.3 Å². The van der Waals surface area contributed by atoms with Crippen LogP contribution in [0, 0.1) is 63.6 Å². The summed E-state index contributed by atoms with van der Waals surface area (Å²) in [6, 6.07) is 0. The number of allylic oxidation sites excluding steroid dienone is 1. The SMILES string of the molecule is CC(=O)O[C@@H]1[C@H]2[C@@H]3C(=O)C(O)[C@H]4C[C@@H]5O[C@@H]5[C@H](OC(=O)C(C)C)[C@]4(C)[C@H]3C[C@H](OC(C)=O)[C@]2(C)[C@@H]2[C@@H]1[C@]1(C)C(=C[C@H]2C)OC(=O)[C@@]1(C)O. The van der Waals surface area contributed by atoms with Crippen molar-refractivity contribution in [2.45, 2.75) is 117 Å². The number of esters is 4. The van der Waals surface area contributed by atoms with Gasteiger partial charge in [-0.2, -0.15) is 0 Å². The first kappa shape index (κ1) is 33.7. The minimum Gasteiger partial charge on any atom is -0.462 e. The molecule has 5 aliphatic carbocycles. The number of carbonyl (C=O) groups excluding carboxylic acids is 5. The van der Waals surface area contributed by atoms with Gasteiger partial charge in [0, 0.05) is 48.3 Å². The summed E-state index contributed by atoms with van der Waals surface area (Å²) in [5.41, 5.74) is -5.38. The highest BCUT2D eigenvalue weighted by Crippen LogP contribution is 2.75. The van der Waals surface area contributed by atoms with E-state index < -0.39 is 123 Å². The fourth-order valence-corrected chi connectivity index (χ4v) is 11.9. The lowest BCUT2D eigenvalue weighted by atomic mass is 9.42. The van der Waals surface area contributed by atoms with Crippen molar-refractivity contribution in [3.8, 4) is 0 Å². The van der Waals surface area contributed by atoms with Crippen LogP contribution in [0.25, 0.3) is 0 Å². The number of fused-ring (bicyclic) bond motifs is 10. The summed E-state index contributed by atoms with van der Waals surface area (Å²) in [6.45, 7) is 15.0. The second-order valence-electron chi connectivity index (χ2n) is 16.7. The molecular formula is C36H48O12. The largest absolute Gasteiger partial charge is 0.462 e. The molecule has 0 radical (unpaired) electrons. The third-order valence-electron chi connectivity index (χ3n) is 14.2. The predicted octanol–water partition coefficient (Wildman–Crippen LogP) is 2.51. The quantitative estimate of drug-likeness (QED) is 0.254. The van der Waals surface area contributed by atoms with E-state index in [1.54, 1.807) is 20.8 Å². The predicted molar refractivity (Wildman–Crippen MR) is 164 cm³/mol. The number of epoxide rings is 1. The Labute approximate surface area is 280 Å². The molecule has 1 unspecified atom stereocenters. The smallest absolute Gasteiger partial charge is 0.343 e. The Morgan fingerprint density at radius 2 is 1.56 bits per heavy atom. The molecule has 264 valence electrons. The van der Waals surface area contributed by atoms with Crippen molar-refractivity contribution >= 4 is 29.7 Å². The van der Waals surface area contributed by atoms with Crippen LogP contribution in [0.15, 0.2) is 11.8 Å². The monoisotopic (exact) mass is 672 g/mol. The minimum atomic E-state index is -2.01.